The predicted molar refractivity (Wildman–Crippen MR) is 113 cm³/mol. The zero-order valence-corrected chi connectivity index (χ0v) is 17.4. The Hall–Kier alpha value is -3.39. The Labute approximate surface area is 175 Å². The highest BCUT2D eigenvalue weighted by Crippen LogP contribution is 2.14. The van der Waals surface area contributed by atoms with E-state index in [4.69, 9.17) is 9.47 Å². The van der Waals surface area contributed by atoms with E-state index in [0.29, 0.717) is 23.5 Å². The number of methoxy groups -OCH3 is 1. The van der Waals surface area contributed by atoms with E-state index in [-0.39, 0.29) is 25.0 Å². The fraction of sp³-hybridized carbons (Fsp3) is 0.318. The molecule has 0 bridgehead atoms. The third kappa shape index (κ3) is 6.59. The first kappa shape index (κ1) is 22.9. The standard InChI is InChI=1S/C22H27N3O5/c1-4-23-20(27)16-9-8-10-17(13-16)25-19(26)14-24-22(2,21(28)29-3)15-30-18-11-6-5-7-12-18/h5-13,24H,4,14-15H2,1-3H3,(H,23,27)(H,25,26). The lowest BCUT2D eigenvalue weighted by atomic mass is 10.0. The van der Waals surface area contributed by atoms with Crippen molar-refractivity contribution in [2.45, 2.75) is 19.4 Å². The van der Waals surface area contributed by atoms with Crippen LogP contribution in [-0.2, 0) is 14.3 Å². The molecule has 1 atom stereocenters. The van der Waals surface area contributed by atoms with Crippen LogP contribution in [0.4, 0.5) is 5.69 Å². The molecule has 0 aliphatic heterocycles. The van der Waals surface area contributed by atoms with E-state index in [1.54, 1.807) is 43.3 Å². The van der Waals surface area contributed by atoms with Crippen molar-refractivity contribution in [3.8, 4) is 5.75 Å². The Bertz CT molecular complexity index is 872. The van der Waals surface area contributed by atoms with Crippen LogP contribution in [-0.4, -0.2) is 50.1 Å². The molecule has 2 aromatic carbocycles. The van der Waals surface area contributed by atoms with Crippen LogP contribution in [0.5, 0.6) is 5.75 Å². The zero-order valence-electron chi connectivity index (χ0n) is 17.4. The highest BCUT2D eigenvalue weighted by Gasteiger charge is 2.35. The molecule has 0 fully saturated rings. The summed E-state index contributed by atoms with van der Waals surface area (Å²) < 4.78 is 10.5. The van der Waals surface area contributed by atoms with E-state index in [9.17, 15) is 14.4 Å². The molecule has 1 unspecified atom stereocenters. The molecule has 0 saturated carbocycles. The summed E-state index contributed by atoms with van der Waals surface area (Å²) in [5, 5.41) is 8.32. The van der Waals surface area contributed by atoms with Crippen molar-refractivity contribution in [3.05, 3.63) is 60.2 Å². The molecule has 0 aliphatic carbocycles. The Kier molecular flexibility index (Phi) is 8.37. The SMILES string of the molecule is CCNC(=O)c1cccc(NC(=O)CNC(C)(COc2ccccc2)C(=O)OC)c1. The molecule has 8 heteroatoms. The number of para-hydroxylation sites is 1. The van der Waals surface area contributed by atoms with Gasteiger partial charge in [-0.25, -0.2) is 4.79 Å². The number of nitrogens with one attached hydrogen (secondary N) is 3. The first-order chi connectivity index (χ1) is 14.4. The van der Waals surface area contributed by atoms with Crippen molar-refractivity contribution < 1.29 is 23.9 Å². The van der Waals surface area contributed by atoms with E-state index in [2.05, 4.69) is 16.0 Å². The summed E-state index contributed by atoms with van der Waals surface area (Å²) in [6.07, 6.45) is 0. The molecule has 0 aliphatic rings. The second kappa shape index (κ2) is 11.0. The van der Waals surface area contributed by atoms with Crippen LogP contribution >= 0.6 is 0 Å². The Morgan fingerprint density at radius 1 is 1.03 bits per heavy atom. The Morgan fingerprint density at radius 2 is 1.77 bits per heavy atom. The first-order valence-electron chi connectivity index (χ1n) is 9.57. The smallest absolute Gasteiger partial charge is 0.329 e. The minimum Gasteiger partial charge on any atom is -0.491 e. The Balaban J connectivity index is 1.97. The predicted octanol–water partition coefficient (Wildman–Crippen LogP) is 1.98. The van der Waals surface area contributed by atoms with Crippen LogP contribution in [0.15, 0.2) is 54.6 Å². The molecule has 0 saturated heterocycles. The number of carbonyl (C=O) groups is 3. The summed E-state index contributed by atoms with van der Waals surface area (Å²) in [6, 6.07) is 15.6. The van der Waals surface area contributed by atoms with Crippen molar-refractivity contribution in [2.24, 2.45) is 0 Å². The lowest BCUT2D eigenvalue weighted by Crippen LogP contribution is -2.56. The first-order valence-corrected chi connectivity index (χ1v) is 9.57. The van der Waals surface area contributed by atoms with Gasteiger partial charge in [-0.3, -0.25) is 14.9 Å². The fourth-order valence-corrected chi connectivity index (χ4v) is 2.63. The van der Waals surface area contributed by atoms with Crippen molar-refractivity contribution in [1.29, 1.82) is 0 Å². The van der Waals surface area contributed by atoms with Gasteiger partial charge in [-0.2, -0.15) is 0 Å². The minimum atomic E-state index is -1.23. The lowest BCUT2D eigenvalue weighted by molar-refractivity contribution is -0.149. The summed E-state index contributed by atoms with van der Waals surface area (Å²) in [5.41, 5.74) is -0.311. The van der Waals surface area contributed by atoms with Gasteiger partial charge in [0.25, 0.3) is 5.91 Å². The van der Waals surface area contributed by atoms with Crippen LogP contribution in [0.3, 0.4) is 0 Å². The largest absolute Gasteiger partial charge is 0.491 e. The molecule has 30 heavy (non-hydrogen) atoms. The van der Waals surface area contributed by atoms with Crippen molar-refractivity contribution in [2.75, 3.05) is 32.1 Å². The quantitative estimate of drug-likeness (QED) is 0.515. The normalized spacial score (nSPS) is 12.4. The lowest BCUT2D eigenvalue weighted by Gasteiger charge is -2.27. The van der Waals surface area contributed by atoms with Crippen molar-refractivity contribution >= 4 is 23.5 Å². The van der Waals surface area contributed by atoms with Gasteiger partial charge in [0.15, 0.2) is 0 Å². The van der Waals surface area contributed by atoms with Crippen molar-refractivity contribution in [3.63, 3.8) is 0 Å². The van der Waals surface area contributed by atoms with E-state index >= 15 is 0 Å². The number of rotatable bonds is 10. The number of esters is 1. The average molecular weight is 413 g/mol. The molecule has 2 rings (SSSR count). The fourth-order valence-electron chi connectivity index (χ4n) is 2.63. The van der Waals surface area contributed by atoms with E-state index in [0.717, 1.165) is 0 Å². The van der Waals surface area contributed by atoms with Crippen LogP contribution in [0.2, 0.25) is 0 Å². The number of benzene rings is 2. The van der Waals surface area contributed by atoms with Crippen LogP contribution in [0, 0.1) is 0 Å². The third-order valence-corrected chi connectivity index (χ3v) is 4.29. The molecule has 3 N–H and O–H groups in total. The molecule has 2 aromatic rings. The molecule has 160 valence electrons. The molecule has 0 heterocycles. The van der Waals surface area contributed by atoms with E-state index in [1.165, 1.54) is 7.11 Å². The summed E-state index contributed by atoms with van der Waals surface area (Å²) in [5.74, 6) is -0.550. The molecule has 0 aromatic heterocycles. The maximum atomic E-state index is 12.4. The van der Waals surface area contributed by atoms with Crippen LogP contribution in [0.1, 0.15) is 24.2 Å². The maximum absolute atomic E-state index is 12.4. The summed E-state index contributed by atoms with van der Waals surface area (Å²) in [7, 11) is 1.28. The van der Waals surface area contributed by atoms with Gasteiger partial charge in [0.05, 0.1) is 13.7 Å². The third-order valence-electron chi connectivity index (χ3n) is 4.29. The minimum absolute atomic E-state index is 0.0242. The average Bonchev–Trinajstić information content (AvgIpc) is 2.77. The van der Waals surface area contributed by atoms with Gasteiger partial charge in [-0.05, 0) is 44.2 Å². The van der Waals surface area contributed by atoms with Gasteiger partial charge >= 0.3 is 5.97 Å². The van der Waals surface area contributed by atoms with Gasteiger partial charge in [0.2, 0.25) is 5.91 Å². The highest BCUT2D eigenvalue weighted by molar-refractivity contribution is 5.97. The zero-order chi connectivity index (χ0) is 22.0. The topological polar surface area (TPSA) is 106 Å². The van der Waals surface area contributed by atoms with Gasteiger partial charge in [-0.15, -0.1) is 0 Å². The summed E-state index contributed by atoms with van der Waals surface area (Å²) in [4.78, 5) is 36.6. The Morgan fingerprint density at radius 3 is 2.43 bits per heavy atom. The van der Waals surface area contributed by atoms with Gasteiger partial charge in [-0.1, -0.05) is 24.3 Å². The van der Waals surface area contributed by atoms with E-state index < -0.39 is 11.5 Å². The van der Waals surface area contributed by atoms with Crippen LogP contribution in [0.25, 0.3) is 0 Å². The number of carbonyl (C=O) groups excluding carboxylic acids is 3. The van der Waals surface area contributed by atoms with Crippen LogP contribution < -0.4 is 20.7 Å². The molecule has 8 nitrogen and oxygen atoms in total. The summed E-state index contributed by atoms with van der Waals surface area (Å²) in [6.45, 7) is 3.76. The monoisotopic (exact) mass is 413 g/mol. The highest BCUT2D eigenvalue weighted by atomic mass is 16.5. The second-order valence-corrected chi connectivity index (χ2v) is 6.77. The van der Waals surface area contributed by atoms with Crippen molar-refractivity contribution in [1.82, 2.24) is 10.6 Å². The van der Waals surface area contributed by atoms with Gasteiger partial charge in [0, 0.05) is 17.8 Å². The van der Waals surface area contributed by atoms with E-state index in [1.807, 2.05) is 25.1 Å². The number of hydrogen-bond donors (Lipinski definition) is 3. The second-order valence-electron chi connectivity index (χ2n) is 6.77. The number of amides is 2. The number of ether oxygens (including phenoxy) is 2. The molecule has 0 spiro atoms. The maximum Gasteiger partial charge on any atom is 0.329 e. The molecule has 2 amide bonds. The molecular formula is C22H27N3O5. The number of hydrogen-bond acceptors (Lipinski definition) is 6. The number of anilines is 1. The van der Waals surface area contributed by atoms with Gasteiger partial charge < -0.3 is 20.1 Å². The molecule has 0 radical (unpaired) electrons. The summed E-state index contributed by atoms with van der Waals surface area (Å²) >= 11 is 0. The van der Waals surface area contributed by atoms with Gasteiger partial charge in [0.1, 0.15) is 17.9 Å². The molecular weight excluding hydrogens is 386 g/mol.